The number of aromatic nitrogens is 2. The van der Waals surface area contributed by atoms with Gasteiger partial charge >= 0.3 is 6.03 Å². The summed E-state index contributed by atoms with van der Waals surface area (Å²) in [6.07, 6.45) is 3.56. The molecule has 1 N–H and O–H groups in total. The highest BCUT2D eigenvalue weighted by atomic mass is 16.5. The van der Waals surface area contributed by atoms with E-state index < -0.39 is 0 Å². The van der Waals surface area contributed by atoms with Crippen molar-refractivity contribution in [3.63, 3.8) is 0 Å². The Labute approximate surface area is 188 Å². The molecule has 1 heterocycles. The number of amides is 2. The Morgan fingerprint density at radius 1 is 0.938 bits per heavy atom. The maximum absolute atomic E-state index is 13.2. The van der Waals surface area contributed by atoms with Crippen molar-refractivity contribution in [1.82, 2.24) is 9.78 Å². The Morgan fingerprint density at radius 3 is 2.41 bits per heavy atom. The SMILES string of the molecule is CCCCN(C(=O)Nc1ccccc1)c1ccnn1-c1cccc(Oc2ccccc2)c1. The number of benzene rings is 3. The summed E-state index contributed by atoms with van der Waals surface area (Å²) in [5, 5.41) is 7.48. The van der Waals surface area contributed by atoms with Gasteiger partial charge in [0.15, 0.2) is 0 Å². The first kappa shape index (κ1) is 21.2. The van der Waals surface area contributed by atoms with E-state index in [1.807, 2.05) is 91.0 Å². The monoisotopic (exact) mass is 426 g/mol. The number of carbonyl (C=O) groups is 1. The van der Waals surface area contributed by atoms with Gasteiger partial charge in [0.1, 0.15) is 17.3 Å². The molecule has 0 aliphatic carbocycles. The van der Waals surface area contributed by atoms with Crippen LogP contribution in [0.5, 0.6) is 11.5 Å². The Hall–Kier alpha value is -4.06. The summed E-state index contributed by atoms with van der Waals surface area (Å²) in [5.41, 5.74) is 1.57. The van der Waals surface area contributed by atoms with Crippen LogP contribution < -0.4 is 15.0 Å². The van der Waals surface area contributed by atoms with Crippen LogP contribution in [0.3, 0.4) is 0 Å². The molecule has 6 nitrogen and oxygen atoms in total. The zero-order valence-corrected chi connectivity index (χ0v) is 18.0. The highest BCUT2D eigenvalue weighted by molar-refractivity contribution is 6.01. The number of hydrogen-bond donors (Lipinski definition) is 1. The van der Waals surface area contributed by atoms with Crippen LogP contribution in [0.15, 0.2) is 97.2 Å². The van der Waals surface area contributed by atoms with Crippen molar-refractivity contribution in [3.05, 3.63) is 97.2 Å². The number of ether oxygens (including phenoxy) is 1. The average Bonchev–Trinajstić information content (AvgIpc) is 3.30. The largest absolute Gasteiger partial charge is 0.457 e. The molecule has 4 rings (SSSR count). The lowest BCUT2D eigenvalue weighted by Gasteiger charge is -2.24. The molecule has 6 heteroatoms. The molecule has 0 bridgehead atoms. The van der Waals surface area contributed by atoms with Gasteiger partial charge in [-0.1, -0.05) is 55.8 Å². The van der Waals surface area contributed by atoms with Crippen LogP contribution in [0, 0.1) is 0 Å². The van der Waals surface area contributed by atoms with Crippen molar-refractivity contribution >= 4 is 17.5 Å². The number of anilines is 2. The van der Waals surface area contributed by atoms with E-state index in [1.165, 1.54) is 0 Å². The molecule has 0 fully saturated rings. The zero-order chi connectivity index (χ0) is 22.2. The third-order valence-corrected chi connectivity index (χ3v) is 4.95. The van der Waals surface area contributed by atoms with Gasteiger partial charge in [0.2, 0.25) is 0 Å². The van der Waals surface area contributed by atoms with Crippen molar-refractivity contribution in [2.75, 3.05) is 16.8 Å². The number of nitrogens with one attached hydrogen (secondary N) is 1. The summed E-state index contributed by atoms with van der Waals surface area (Å²) in [5.74, 6) is 2.16. The molecule has 1 aromatic heterocycles. The molecule has 0 saturated carbocycles. The van der Waals surface area contributed by atoms with E-state index in [-0.39, 0.29) is 6.03 Å². The normalized spacial score (nSPS) is 10.5. The fourth-order valence-corrected chi connectivity index (χ4v) is 3.35. The van der Waals surface area contributed by atoms with E-state index in [4.69, 9.17) is 4.74 Å². The van der Waals surface area contributed by atoms with Crippen molar-refractivity contribution in [2.24, 2.45) is 0 Å². The molecular weight excluding hydrogens is 400 g/mol. The first-order valence-electron chi connectivity index (χ1n) is 10.8. The van der Waals surface area contributed by atoms with Gasteiger partial charge in [0, 0.05) is 24.4 Å². The van der Waals surface area contributed by atoms with Gasteiger partial charge in [0.05, 0.1) is 11.9 Å². The van der Waals surface area contributed by atoms with E-state index in [9.17, 15) is 4.79 Å². The van der Waals surface area contributed by atoms with Crippen molar-refractivity contribution in [3.8, 4) is 17.2 Å². The van der Waals surface area contributed by atoms with Gasteiger partial charge < -0.3 is 10.1 Å². The van der Waals surface area contributed by atoms with Crippen LogP contribution in [0.4, 0.5) is 16.3 Å². The minimum Gasteiger partial charge on any atom is -0.457 e. The Kier molecular flexibility index (Phi) is 6.82. The summed E-state index contributed by atoms with van der Waals surface area (Å²) >= 11 is 0. The number of para-hydroxylation sites is 2. The van der Waals surface area contributed by atoms with E-state index >= 15 is 0 Å². The zero-order valence-electron chi connectivity index (χ0n) is 18.0. The lowest BCUT2D eigenvalue weighted by molar-refractivity contribution is 0.256. The van der Waals surface area contributed by atoms with Gasteiger partial charge in [-0.3, -0.25) is 4.90 Å². The summed E-state index contributed by atoms with van der Waals surface area (Å²) in [6.45, 7) is 2.69. The predicted molar refractivity (Wildman–Crippen MR) is 128 cm³/mol. The Bertz CT molecular complexity index is 1140. The number of urea groups is 1. The summed E-state index contributed by atoms with van der Waals surface area (Å²) in [4.78, 5) is 14.9. The van der Waals surface area contributed by atoms with E-state index in [0.29, 0.717) is 18.1 Å². The van der Waals surface area contributed by atoms with Gasteiger partial charge in [-0.05, 0) is 42.8 Å². The fourth-order valence-electron chi connectivity index (χ4n) is 3.35. The van der Waals surface area contributed by atoms with E-state index in [2.05, 4.69) is 17.3 Å². The Morgan fingerprint density at radius 2 is 1.66 bits per heavy atom. The summed E-state index contributed by atoms with van der Waals surface area (Å²) < 4.78 is 7.74. The molecule has 32 heavy (non-hydrogen) atoms. The molecule has 0 atom stereocenters. The molecule has 0 unspecified atom stereocenters. The number of hydrogen-bond acceptors (Lipinski definition) is 3. The van der Waals surface area contributed by atoms with Crippen LogP contribution in [0.2, 0.25) is 0 Å². The number of unbranched alkanes of at least 4 members (excludes halogenated alkanes) is 1. The number of rotatable bonds is 8. The average molecular weight is 427 g/mol. The first-order chi connectivity index (χ1) is 15.7. The summed E-state index contributed by atoms with van der Waals surface area (Å²) in [7, 11) is 0. The van der Waals surface area contributed by atoms with Crippen molar-refractivity contribution < 1.29 is 9.53 Å². The van der Waals surface area contributed by atoms with Crippen molar-refractivity contribution in [2.45, 2.75) is 19.8 Å². The second-order valence-electron chi connectivity index (χ2n) is 7.32. The quantitative estimate of drug-likeness (QED) is 0.350. The van der Waals surface area contributed by atoms with Crippen LogP contribution in [0.25, 0.3) is 5.69 Å². The van der Waals surface area contributed by atoms with Gasteiger partial charge in [-0.25, -0.2) is 9.48 Å². The van der Waals surface area contributed by atoms with Gasteiger partial charge in [0.25, 0.3) is 0 Å². The third kappa shape index (κ3) is 5.16. The molecule has 0 aliphatic rings. The van der Waals surface area contributed by atoms with Crippen LogP contribution in [-0.2, 0) is 0 Å². The van der Waals surface area contributed by atoms with Crippen LogP contribution in [0.1, 0.15) is 19.8 Å². The third-order valence-electron chi connectivity index (χ3n) is 4.95. The predicted octanol–water partition coefficient (Wildman–Crippen LogP) is 6.50. The molecule has 162 valence electrons. The Balaban J connectivity index is 1.61. The standard InChI is InChI=1S/C26H26N4O2/c1-2-3-19-29(26(31)28-21-11-6-4-7-12-21)25-17-18-27-30(25)22-13-10-16-24(20-22)32-23-14-8-5-9-15-23/h4-18,20H,2-3,19H2,1H3,(H,28,31). The van der Waals surface area contributed by atoms with Gasteiger partial charge in [-0.15, -0.1) is 0 Å². The highest BCUT2D eigenvalue weighted by Gasteiger charge is 2.20. The molecule has 0 aliphatic heterocycles. The lowest BCUT2D eigenvalue weighted by Crippen LogP contribution is -2.37. The maximum Gasteiger partial charge on any atom is 0.327 e. The molecule has 0 spiro atoms. The second kappa shape index (κ2) is 10.3. The maximum atomic E-state index is 13.2. The van der Waals surface area contributed by atoms with E-state index in [1.54, 1.807) is 15.8 Å². The molecule has 4 aromatic rings. The summed E-state index contributed by atoms with van der Waals surface area (Å²) in [6, 6.07) is 28.4. The minimum atomic E-state index is -0.192. The highest BCUT2D eigenvalue weighted by Crippen LogP contribution is 2.26. The van der Waals surface area contributed by atoms with E-state index in [0.717, 1.165) is 30.0 Å². The van der Waals surface area contributed by atoms with Crippen molar-refractivity contribution in [1.29, 1.82) is 0 Å². The minimum absolute atomic E-state index is 0.192. The van der Waals surface area contributed by atoms with Gasteiger partial charge in [-0.2, -0.15) is 5.10 Å². The fraction of sp³-hybridized carbons (Fsp3) is 0.154. The van der Waals surface area contributed by atoms with Crippen LogP contribution >= 0.6 is 0 Å². The second-order valence-corrected chi connectivity index (χ2v) is 7.32. The molecule has 0 radical (unpaired) electrons. The smallest absolute Gasteiger partial charge is 0.327 e. The number of nitrogens with zero attached hydrogens (tertiary/aromatic N) is 3. The molecule has 3 aromatic carbocycles. The molecule has 0 saturated heterocycles. The molecule has 2 amide bonds. The topological polar surface area (TPSA) is 59.4 Å². The number of carbonyl (C=O) groups excluding carboxylic acids is 1. The molecular formula is C26H26N4O2. The lowest BCUT2D eigenvalue weighted by atomic mass is 10.3. The first-order valence-corrected chi connectivity index (χ1v) is 10.8. The van der Waals surface area contributed by atoms with Crippen LogP contribution in [-0.4, -0.2) is 22.4 Å².